The molecule has 1 aliphatic carbocycles. The first-order valence-corrected chi connectivity index (χ1v) is 12.6. The van der Waals surface area contributed by atoms with Gasteiger partial charge in [-0.25, -0.2) is 0 Å². The van der Waals surface area contributed by atoms with Crippen molar-refractivity contribution in [3.8, 4) is 0 Å². The van der Waals surface area contributed by atoms with Crippen LogP contribution in [0.15, 0.2) is 88.3 Å². The summed E-state index contributed by atoms with van der Waals surface area (Å²) in [5.41, 5.74) is 16.2. The fraction of sp³-hybridized carbons (Fsp3) is 0.400. The number of hydrogen-bond acceptors (Lipinski definition) is 5. The predicted octanol–water partition coefficient (Wildman–Crippen LogP) is 6.54. The van der Waals surface area contributed by atoms with Crippen LogP contribution in [0.2, 0.25) is 0 Å². The van der Waals surface area contributed by atoms with Crippen molar-refractivity contribution < 1.29 is 4.84 Å². The lowest BCUT2D eigenvalue weighted by Crippen LogP contribution is -2.13. The normalized spacial score (nSPS) is 13.8. The minimum Gasteiger partial charge on any atom is -0.397 e. The lowest BCUT2D eigenvalue weighted by molar-refractivity contribution is 0.213. The SMILES string of the molecule is C/C=C\C(C)CN.C=N/C(=C\N(C)C)C1=CC=C(c2ccc(/C(N)=N/OC)cc2)CC=C1.CC.CC. The molecule has 1 aliphatic rings. The summed E-state index contributed by atoms with van der Waals surface area (Å²) in [7, 11) is 5.41. The van der Waals surface area contributed by atoms with Gasteiger partial charge in [0.2, 0.25) is 0 Å². The molecule has 6 heteroatoms. The van der Waals surface area contributed by atoms with Crippen LogP contribution < -0.4 is 11.5 Å². The van der Waals surface area contributed by atoms with Gasteiger partial charge in [-0.05, 0) is 43.7 Å². The van der Waals surface area contributed by atoms with Gasteiger partial charge in [-0.2, -0.15) is 0 Å². The summed E-state index contributed by atoms with van der Waals surface area (Å²) in [6.07, 6.45) is 15.3. The van der Waals surface area contributed by atoms with Gasteiger partial charge < -0.3 is 21.2 Å². The average molecular weight is 496 g/mol. The van der Waals surface area contributed by atoms with E-state index in [1.165, 1.54) is 12.7 Å². The van der Waals surface area contributed by atoms with Crippen LogP contribution in [0.1, 0.15) is 59.1 Å². The zero-order valence-electron chi connectivity index (χ0n) is 24.0. The number of amidine groups is 1. The zero-order chi connectivity index (χ0) is 27.9. The molecule has 0 bridgehead atoms. The maximum Gasteiger partial charge on any atom is 0.170 e. The maximum atomic E-state index is 5.83. The van der Waals surface area contributed by atoms with E-state index in [0.717, 1.165) is 35.4 Å². The van der Waals surface area contributed by atoms with Crippen molar-refractivity contribution in [1.82, 2.24) is 4.90 Å². The molecule has 0 saturated carbocycles. The van der Waals surface area contributed by atoms with Crippen molar-refractivity contribution in [2.24, 2.45) is 27.5 Å². The molecule has 0 aliphatic heterocycles. The molecule has 36 heavy (non-hydrogen) atoms. The van der Waals surface area contributed by atoms with Gasteiger partial charge in [0.25, 0.3) is 0 Å². The highest BCUT2D eigenvalue weighted by atomic mass is 16.6. The Bertz CT molecular complexity index is 904. The van der Waals surface area contributed by atoms with E-state index in [-0.39, 0.29) is 0 Å². The van der Waals surface area contributed by atoms with E-state index in [0.29, 0.717) is 11.8 Å². The van der Waals surface area contributed by atoms with Gasteiger partial charge in [0, 0.05) is 31.4 Å². The number of nitrogens with two attached hydrogens (primary N) is 2. The summed E-state index contributed by atoms with van der Waals surface area (Å²) in [6.45, 7) is 16.5. The van der Waals surface area contributed by atoms with Crippen LogP contribution in [0.5, 0.6) is 0 Å². The van der Waals surface area contributed by atoms with Crippen molar-refractivity contribution in [3.05, 3.63) is 89.3 Å². The number of oxime groups is 1. The smallest absolute Gasteiger partial charge is 0.170 e. The summed E-state index contributed by atoms with van der Waals surface area (Å²) in [5, 5.41) is 3.75. The molecule has 200 valence electrons. The van der Waals surface area contributed by atoms with Gasteiger partial charge in [0.15, 0.2) is 5.84 Å². The van der Waals surface area contributed by atoms with Crippen molar-refractivity contribution in [1.29, 1.82) is 0 Å². The number of nitrogens with zero attached hydrogens (tertiary/aromatic N) is 3. The van der Waals surface area contributed by atoms with Gasteiger partial charge in [-0.3, -0.25) is 4.99 Å². The second-order valence-corrected chi connectivity index (χ2v) is 7.53. The molecule has 0 saturated heterocycles. The molecular formula is C30H49N5O. The molecule has 0 heterocycles. The van der Waals surface area contributed by atoms with E-state index in [1.54, 1.807) is 0 Å². The van der Waals surface area contributed by atoms with Crippen LogP contribution in [0, 0.1) is 5.92 Å². The van der Waals surface area contributed by atoms with Crippen LogP contribution in [-0.2, 0) is 4.84 Å². The minimum absolute atomic E-state index is 0.362. The van der Waals surface area contributed by atoms with E-state index in [9.17, 15) is 0 Å². The molecule has 0 spiro atoms. The largest absolute Gasteiger partial charge is 0.397 e. The fourth-order valence-electron chi connectivity index (χ4n) is 2.88. The highest BCUT2D eigenvalue weighted by Crippen LogP contribution is 2.25. The number of rotatable bonds is 8. The van der Waals surface area contributed by atoms with Crippen molar-refractivity contribution in [2.45, 2.75) is 48.0 Å². The van der Waals surface area contributed by atoms with Crippen LogP contribution >= 0.6 is 0 Å². The van der Waals surface area contributed by atoms with Crippen molar-refractivity contribution >= 4 is 18.1 Å². The Kier molecular flexibility index (Phi) is 21.4. The third-order valence-electron chi connectivity index (χ3n) is 4.58. The first-order valence-electron chi connectivity index (χ1n) is 12.6. The molecule has 1 aromatic carbocycles. The summed E-state index contributed by atoms with van der Waals surface area (Å²) < 4.78 is 0. The van der Waals surface area contributed by atoms with Gasteiger partial charge in [0.05, 0.1) is 5.70 Å². The molecule has 0 radical (unpaired) electrons. The first kappa shape index (κ1) is 34.8. The van der Waals surface area contributed by atoms with Gasteiger partial charge in [-0.1, -0.05) is 100 Å². The lowest BCUT2D eigenvalue weighted by atomic mass is 10.0. The highest BCUT2D eigenvalue weighted by Gasteiger charge is 2.07. The summed E-state index contributed by atoms with van der Waals surface area (Å²) in [6, 6.07) is 7.95. The molecule has 0 aromatic heterocycles. The predicted molar refractivity (Wildman–Crippen MR) is 161 cm³/mol. The summed E-state index contributed by atoms with van der Waals surface area (Å²) in [5.74, 6) is 0.909. The Hall–Kier alpha value is -3.38. The van der Waals surface area contributed by atoms with Gasteiger partial charge >= 0.3 is 0 Å². The van der Waals surface area contributed by atoms with E-state index in [1.807, 2.05) is 90.2 Å². The van der Waals surface area contributed by atoms with Crippen LogP contribution in [-0.4, -0.2) is 45.2 Å². The average Bonchev–Trinajstić information content (AvgIpc) is 3.16. The van der Waals surface area contributed by atoms with Gasteiger partial charge in [0.1, 0.15) is 7.11 Å². The van der Waals surface area contributed by atoms with Crippen molar-refractivity contribution in [3.63, 3.8) is 0 Å². The fourth-order valence-corrected chi connectivity index (χ4v) is 2.88. The topological polar surface area (TPSA) is 89.2 Å². The molecule has 1 unspecified atom stereocenters. The third kappa shape index (κ3) is 14.1. The number of hydrogen-bond donors (Lipinski definition) is 2. The Morgan fingerprint density at radius 3 is 2.19 bits per heavy atom. The third-order valence-corrected chi connectivity index (χ3v) is 4.58. The monoisotopic (exact) mass is 495 g/mol. The van der Waals surface area contributed by atoms with E-state index < -0.39 is 0 Å². The van der Waals surface area contributed by atoms with E-state index in [2.05, 4.69) is 54.2 Å². The number of aliphatic imine (C=N–C) groups is 1. The minimum atomic E-state index is 0.362. The molecule has 1 atom stereocenters. The Morgan fingerprint density at radius 1 is 1.14 bits per heavy atom. The van der Waals surface area contributed by atoms with Crippen LogP contribution in [0.25, 0.3) is 5.57 Å². The molecule has 1 aromatic rings. The molecule has 0 fully saturated rings. The molecule has 4 N–H and O–H groups in total. The molecule has 6 nitrogen and oxygen atoms in total. The first-order chi connectivity index (χ1) is 17.4. The molecular weight excluding hydrogens is 446 g/mol. The van der Waals surface area contributed by atoms with Crippen LogP contribution in [0.3, 0.4) is 0 Å². The zero-order valence-corrected chi connectivity index (χ0v) is 24.0. The second kappa shape index (κ2) is 22.1. The Labute approximate surface area is 220 Å². The van der Waals surface area contributed by atoms with E-state index in [4.69, 9.17) is 16.3 Å². The van der Waals surface area contributed by atoms with Crippen molar-refractivity contribution in [2.75, 3.05) is 27.7 Å². The summed E-state index contributed by atoms with van der Waals surface area (Å²) >= 11 is 0. The number of allylic oxidation sites excluding steroid dienone is 6. The maximum absolute atomic E-state index is 5.83. The standard InChI is InChI=1S/C20H24N4O.C6H13N.2C2H6/c1-22-19(14-24(2)3)17-7-5-6-15(8-11-17)16-9-12-18(13-10-16)20(21)23-25-4;1-3-4-6(2)5-7;2*1-2/h5,7-14H,1,6H2,2-4H3,(H2,21,23);3-4,6H,5,7H2,1-2H3;2*1-2H3/b19-14-;4-3-;;. The number of benzene rings is 1. The second-order valence-electron chi connectivity index (χ2n) is 7.53. The molecule has 0 amide bonds. The summed E-state index contributed by atoms with van der Waals surface area (Å²) in [4.78, 5) is 10.8. The van der Waals surface area contributed by atoms with Gasteiger partial charge in [-0.15, -0.1) is 0 Å². The Morgan fingerprint density at radius 2 is 1.75 bits per heavy atom. The lowest BCUT2D eigenvalue weighted by Gasteiger charge is -2.08. The molecule has 2 rings (SSSR count). The van der Waals surface area contributed by atoms with Crippen LogP contribution in [0.4, 0.5) is 0 Å². The highest BCUT2D eigenvalue weighted by molar-refractivity contribution is 5.97. The van der Waals surface area contributed by atoms with E-state index >= 15 is 0 Å². The quantitative estimate of drug-likeness (QED) is 0.185. The Balaban J connectivity index is 0.